The van der Waals surface area contributed by atoms with Crippen LogP contribution in [0.4, 0.5) is 0 Å². The Morgan fingerprint density at radius 1 is 1.25 bits per heavy atom. The highest BCUT2D eigenvalue weighted by Crippen LogP contribution is 1.75. The van der Waals surface area contributed by atoms with Gasteiger partial charge in [-0.3, -0.25) is 0 Å². The lowest BCUT2D eigenvalue weighted by atomic mass is 10.4. The monoisotopic (exact) mass is 110 g/mol. The first-order valence-corrected chi connectivity index (χ1v) is 2.47. The molecule has 8 heavy (non-hydrogen) atoms. The van der Waals surface area contributed by atoms with Crippen molar-refractivity contribution in [2.24, 2.45) is 0 Å². The van der Waals surface area contributed by atoms with E-state index in [9.17, 15) is 0 Å². The standard InChI is InChI=1S/C7H10O/c1-2-3-4-5-6-7-8/h2-6,8H,1,7H2/b4-3-,6-5+. The molecule has 0 aromatic heterocycles. The van der Waals surface area contributed by atoms with Crippen LogP contribution in [0.25, 0.3) is 0 Å². The molecule has 0 aliphatic carbocycles. The Labute approximate surface area is 49.7 Å². The van der Waals surface area contributed by atoms with Crippen LogP contribution in [0.2, 0.25) is 0 Å². The number of rotatable bonds is 3. The molecule has 0 bridgehead atoms. The molecule has 0 aromatic rings. The van der Waals surface area contributed by atoms with Gasteiger partial charge < -0.3 is 5.11 Å². The third kappa shape index (κ3) is 5.18. The fraction of sp³-hybridized carbons (Fsp3) is 0.143. The lowest BCUT2D eigenvalue weighted by Gasteiger charge is -1.71. The SMILES string of the molecule is C=C/C=C\C=C\CO. The predicted octanol–water partition coefficient (Wildman–Crippen LogP) is 1.28. The van der Waals surface area contributed by atoms with Crippen molar-refractivity contribution in [2.75, 3.05) is 6.61 Å². The largest absolute Gasteiger partial charge is 0.392 e. The molecule has 0 radical (unpaired) electrons. The van der Waals surface area contributed by atoms with Gasteiger partial charge in [0.1, 0.15) is 0 Å². The molecule has 0 aliphatic rings. The number of hydrogen-bond acceptors (Lipinski definition) is 1. The van der Waals surface area contributed by atoms with E-state index >= 15 is 0 Å². The van der Waals surface area contributed by atoms with Gasteiger partial charge in [-0.05, 0) is 0 Å². The Bertz CT molecular complexity index is 101. The highest BCUT2D eigenvalue weighted by atomic mass is 16.2. The second-order valence-corrected chi connectivity index (χ2v) is 1.23. The normalized spacial score (nSPS) is 11.1. The van der Waals surface area contributed by atoms with Crippen LogP contribution in [0.5, 0.6) is 0 Å². The molecule has 0 saturated heterocycles. The summed E-state index contributed by atoms with van der Waals surface area (Å²) >= 11 is 0. The molecule has 1 heteroatoms. The first-order chi connectivity index (χ1) is 3.91. The Morgan fingerprint density at radius 2 is 2.00 bits per heavy atom. The lowest BCUT2D eigenvalue weighted by molar-refractivity contribution is 0.343. The van der Waals surface area contributed by atoms with Crippen molar-refractivity contribution < 1.29 is 5.11 Å². The third-order valence-electron chi connectivity index (χ3n) is 0.600. The van der Waals surface area contributed by atoms with Crippen molar-refractivity contribution in [1.29, 1.82) is 0 Å². The Balaban J connectivity index is 3.26. The molecule has 1 N–H and O–H groups in total. The summed E-state index contributed by atoms with van der Waals surface area (Å²) < 4.78 is 0. The van der Waals surface area contributed by atoms with Gasteiger partial charge in [-0.2, -0.15) is 0 Å². The van der Waals surface area contributed by atoms with E-state index in [0.717, 1.165) is 0 Å². The molecule has 0 amide bonds. The van der Waals surface area contributed by atoms with E-state index in [0.29, 0.717) is 0 Å². The Morgan fingerprint density at radius 3 is 2.50 bits per heavy atom. The molecule has 0 rings (SSSR count). The van der Waals surface area contributed by atoms with E-state index < -0.39 is 0 Å². The molecule has 0 saturated carbocycles. The minimum atomic E-state index is 0.0987. The molecule has 0 aromatic carbocycles. The van der Waals surface area contributed by atoms with Gasteiger partial charge in [0.25, 0.3) is 0 Å². The Kier molecular flexibility index (Phi) is 5.55. The minimum absolute atomic E-state index is 0.0987. The fourth-order valence-corrected chi connectivity index (χ4v) is 0.282. The molecule has 44 valence electrons. The number of hydrogen-bond donors (Lipinski definition) is 1. The summed E-state index contributed by atoms with van der Waals surface area (Å²) in [7, 11) is 0. The Hall–Kier alpha value is -0.820. The summed E-state index contributed by atoms with van der Waals surface area (Å²) in [5.74, 6) is 0. The van der Waals surface area contributed by atoms with Crippen LogP contribution in [-0.2, 0) is 0 Å². The minimum Gasteiger partial charge on any atom is -0.392 e. The van der Waals surface area contributed by atoms with E-state index in [-0.39, 0.29) is 6.61 Å². The van der Waals surface area contributed by atoms with Crippen molar-refractivity contribution in [3.05, 3.63) is 37.0 Å². The van der Waals surface area contributed by atoms with Gasteiger partial charge in [-0.15, -0.1) is 0 Å². The summed E-state index contributed by atoms with van der Waals surface area (Å²) in [4.78, 5) is 0. The number of allylic oxidation sites excluding steroid dienone is 4. The van der Waals surface area contributed by atoms with E-state index in [1.807, 2.05) is 6.08 Å². The van der Waals surface area contributed by atoms with Crippen molar-refractivity contribution >= 4 is 0 Å². The molecule has 0 spiro atoms. The van der Waals surface area contributed by atoms with Crippen LogP contribution in [-0.4, -0.2) is 11.7 Å². The smallest absolute Gasteiger partial charge is 0.0615 e. The second-order valence-electron chi connectivity index (χ2n) is 1.23. The summed E-state index contributed by atoms with van der Waals surface area (Å²) in [6, 6.07) is 0. The predicted molar refractivity (Wildman–Crippen MR) is 35.6 cm³/mol. The maximum Gasteiger partial charge on any atom is 0.0615 e. The van der Waals surface area contributed by atoms with E-state index in [2.05, 4.69) is 6.58 Å². The highest BCUT2D eigenvalue weighted by molar-refractivity contribution is 5.08. The molecular weight excluding hydrogens is 100 g/mol. The average molecular weight is 110 g/mol. The summed E-state index contributed by atoms with van der Waals surface area (Å²) in [6.07, 6.45) is 8.71. The van der Waals surface area contributed by atoms with Gasteiger partial charge in [-0.1, -0.05) is 37.0 Å². The topological polar surface area (TPSA) is 20.2 Å². The molecular formula is C7H10O. The van der Waals surface area contributed by atoms with Crippen molar-refractivity contribution in [1.82, 2.24) is 0 Å². The van der Waals surface area contributed by atoms with Crippen LogP contribution >= 0.6 is 0 Å². The van der Waals surface area contributed by atoms with Gasteiger partial charge >= 0.3 is 0 Å². The first kappa shape index (κ1) is 7.18. The van der Waals surface area contributed by atoms with Crippen molar-refractivity contribution in [3.8, 4) is 0 Å². The van der Waals surface area contributed by atoms with E-state index in [4.69, 9.17) is 5.11 Å². The fourth-order valence-electron chi connectivity index (χ4n) is 0.282. The van der Waals surface area contributed by atoms with Crippen LogP contribution in [0.1, 0.15) is 0 Å². The van der Waals surface area contributed by atoms with Gasteiger partial charge in [0, 0.05) is 0 Å². The molecule has 0 atom stereocenters. The lowest BCUT2D eigenvalue weighted by Crippen LogP contribution is -1.66. The van der Waals surface area contributed by atoms with Gasteiger partial charge in [-0.25, -0.2) is 0 Å². The van der Waals surface area contributed by atoms with Crippen LogP contribution in [0, 0.1) is 0 Å². The highest BCUT2D eigenvalue weighted by Gasteiger charge is 1.59. The quantitative estimate of drug-likeness (QED) is 0.542. The number of aliphatic hydroxyl groups excluding tert-OH is 1. The van der Waals surface area contributed by atoms with Crippen LogP contribution < -0.4 is 0 Å². The van der Waals surface area contributed by atoms with E-state index in [1.165, 1.54) is 0 Å². The van der Waals surface area contributed by atoms with Crippen molar-refractivity contribution in [3.63, 3.8) is 0 Å². The molecule has 0 heterocycles. The second kappa shape index (κ2) is 6.18. The third-order valence-corrected chi connectivity index (χ3v) is 0.600. The zero-order valence-corrected chi connectivity index (χ0v) is 4.75. The maximum absolute atomic E-state index is 8.22. The molecule has 1 nitrogen and oxygen atoms in total. The summed E-state index contributed by atoms with van der Waals surface area (Å²) in [5.41, 5.74) is 0. The zero-order valence-electron chi connectivity index (χ0n) is 4.75. The molecule has 0 fully saturated rings. The zero-order chi connectivity index (χ0) is 6.24. The van der Waals surface area contributed by atoms with Gasteiger partial charge in [0.15, 0.2) is 0 Å². The van der Waals surface area contributed by atoms with Gasteiger partial charge in [0.05, 0.1) is 6.61 Å². The summed E-state index contributed by atoms with van der Waals surface area (Å²) in [5, 5.41) is 8.22. The van der Waals surface area contributed by atoms with Crippen LogP contribution in [0.3, 0.4) is 0 Å². The molecule has 0 unspecified atom stereocenters. The van der Waals surface area contributed by atoms with Gasteiger partial charge in [0.2, 0.25) is 0 Å². The van der Waals surface area contributed by atoms with Crippen LogP contribution in [0.15, 0.2) is 37.0 Å². The molecule has 0 aliphatic heterocycles. The maximum atomic E-state index is 8.22. The number of aliphatic hydroxyl groups is 1. The summed E-state index contributed by atoms with van der Waals surface area (Å²) in [6.45, 7) is 3.57. The van der Waals surface area contributed by atoms with E-state index in [1.54, 1.807) is 24.3 Å². The average Bonchev–Trinajstić information content (AvgIpc) is 1.81. The van der Waals surface area contributed by atoms with Crippen molar-refractivity contribution in [2.45, 2.75) is 0 Å². The first-order valence-electron chi connectivity index (χ1n) is 2.47.